The van der Waals surface area contributed by atoms with Crippen LogP contribution in [0.25, 0.3) is 0 Å². The molecular formula is C7H11N3O3. The molecule has 0 aliphatic carbocycles. The van der Waals surface area contributed by atoms with Crippen molar-refractivity contribution < 1.29 is 14.1 Å². The van der Waals surface area contributed by atoms with Crippen molar-refractivity contribution in [2.45, 2.75) is 26.4 Å². The van der Waals surface area contributed by atoms with Gasteiger partial charge in [0.1, 0.15) is 12.7 Å². The summed E-state index contributed by atoms with van der Waals surface area (Å²) in [5.74, 6) is -0.644. The van der Waals surface area contributed by atoms with Crippen molar-refractivity contribution in [1.82, 2.24) is 9.55 Å². The van der Waals surface area contributed by atoms with Crippen molar-refractivity contribution in [3.63, 3.8) is 0 Å². The summed E-state index contributed by atoms with van der Waals surface area (Å²) in [5, 5.41) is 20.0. The minimum Gasteiger partial charge on any atom is -0.389 e. The van der Waals surface area contributed by atoms with Gasteiger partial charge in [0.15, 0.2) is 5.82 Å². The third kappa shape index (κ3) is 2.03. The molecule has 6 heteroatoms. The smallest absolute Gasteiger partial charge is 0.342 e. The fourth-order valence-electron chi connectivity index (χ4n) is 0.862. The fraction of sp³-hybridized carbons (Fsp3) is 0.571. The molecule has 0 aliphatic rings. The van der Waals surface area contributed by atoms with Gasteiger partial charge in [-0.3, -0.25) is 0 Å². The van der Waals surface area contributed by atoms with Gasteiger partial charge in [0.2, 0.25) is 0 Å². The van der Waals surface area contributed by atoms with Crippen molar-refractivity contribution in [1.29, 1.82) is 0 Å². The van der Waals surface area contributed by atoms with Crippen LogP contribution in [0.3, 0.4) is 0 Å². The summed E-state index contributed by atoms with van der Waals surface area (Å²) >= 11 is 0. The minimum absolute atomic E-state index is 0.0456. The van der Waals surface area contributed by atoms with Crippen LogP contribution >= 0.6 is 0 Å². The predicted octanol–water partition coefficient (Wildman–Crippen LogP) is 0.481. The summed E-state index contributed by atoms with van der Waals surface area (Å²) in [6, 6.07) is 0. The van der Waals surface area contributed by atoms with Crippen molar-refractivity contribution in [3.8, 4) is 0 Å². The number of nitrogens with zero attached hydrogens (tertiary/aromatic N) is 3. The van der Waals surface area contributed by atoms with E-state index in [4.69, 9.17) is 4.11 Å². The van der Waals surface area contributed by atoms with Crippen LogP contribution in [0.5, 0.6) is 0 Å². The normalized spacial score (nSPS) is 21.0. The molecule has 1 heterocycles. The number of aryl methyl sites for hydroxylation is 1. The zero-order chi connectivity index (χ0) is 12.7. The lowest BCUT2D eigenvalue weighted by atomic mass is 10.4. The summed E-state index contributed by atoms with van der Waals surface area (Å²) < 4.78 is 22.8. The SMILES string of the molecule is [2H]c1nc(C)n(C([2H])C([2H])(C)O)c1[N+](=O)[O-]. The van der Waals surface area contributed by atoms with Crippen molar-refractivity contribution in [3.05, 3.63) is 22.1 Å². The molecule has 0 amide bonds. The Kier molecular flexibility index (Phi) is 1.65. The van der Waals surface area contributed by atoms with Crippen molar-refractivity contribution in [2.24, 2.45) is 0 Å². The number of hydrogen-bond donors (Lipinski definition) is 1. The molecule has 1 aromatic rings. The zero-order valence-corrected chi connectivity index (χ0v) is 7.18. The van der Waals surface area contributed by atoms with Gasteiger partial charge >= 0.3 is 5.82 Å². The summed E-state index contributed by atoms with van der Waals surface area (Å²) in [6.07, 6.45) is -2.79. The van der Waals surface area contributed by atoms with Crippen LogP contribution in [0.4, 0.5) is 5.82 Å². The van der Waals surface area contributed by atoms with Crippen LogP contribution in [0.2, 0.25) is 0 Å². The Labute approximate surface area is 79.2 Å². The van der Waals surface area contributed by atoms with Crippen LogP contribution in [0, 0.1) is 17.0 Å². The lowest BCUT2D eigenvalue weighted by Gasteiger charge is -2.04. The van der Waals surface area contributed by atoms with Crippen LogP contribution < -0.4 is 0 Å². The second-order valence-electron chi connectivity index (χ2n) is 2.49. The van der Waals surface area contributed by atoms with E-state index in [0.717, 1.165) is 11.5 Å². The average Bonchev–Trinajstić information content (AvgIpc) is 2.37. The van der Waals surface area contributed by atoms with Gasteiger partial charge in [0.05, 0.1) is 10.2 Å². The number of imidazole rings is 1. The van der Waals surface area contributed by atoms with Crippen LogP contribution in [-0.4, -0.2) is 25.7 Å². The highest BCUT2D eigenvalue weighted by Gasteiger charge is 2.18. The molecule has 1 N–H and O–H groups in total. The number of rotatable bonds is 3. The maximum absolute atomic E-state index is 10.7. The Morgan fingerprint density at radius 1 is 2.15 bits per heavy atom. The lowest BCUT2D eigenvalue weighted by Crippen LogP contribution is -2.14. The lowest BCUT2D eigenvalue weighted by molar-refractivity contribution is -0.392. The van der Waals surface area contributed by atoms with Gasteiger partial charge in [-0.25, -0.2) is 9.55 Å². The maximum atomic E-state index is 10.7. The molecule has 0 bridgehead atoms. The molecule has 13 heavy (non-hydrogen) atoms. The molecule has 0 saturated heterocycles. The highest BCUT2D eigenvalue weighted by atomic mass is 16.6. The van der Waals surface area contributed by atoms with Gasteiger partial charge in [0.25, 0.3) is 0 Å². The van der Waals surface area contributed by atoms with Crippen LogP contribution in [0.15, 0.2) is 6.17 Å². The topological polar surface area (TPSA) is 81.2 Å². The van der Waals surface area contributed by atoms with E-state index in [2.05, 4.69) is 4.98 Å². The number of aliphatic hydroxyl groups is 1. The molecule has 0 spiro atoms. The molecule has 0 saturated carbocycles. The Morgan fingerprint density at radius 2 is 2.77 bits per heavy atom. The first-order valence-electron chi connectivity index (χ1n) is 5.08. The second kappa shape index (κ2) is 3.53. The van der Waals surface area contributed by atoms with Crippen LogP contribution in [-0.2, 0) is 6.52 Å². The molecule has 0 aliphatic heterocycles. The highest BCUT2D eigenvalue weighted by molar-refractivity contribution is 5.18. The minimum atomic E-state index is -2.21. The first kappa shape index (κ1) is 6.09. The zero-order valence-electron chi connectivity index (χ0n) is 10.2. The fourth-order valence-corrected chi connectivity index (χ4v) is 0.862. The summed E-state index contributed by atoms with van der Waals surface area (Å²) in [6.45, 7) is 0.801. The number of hydrogen-bond acceptors (Lipinski definition) is 4. The second-order valence-corrected chi connectivity index (χ2v) is 2.49. The van der Waals surface area contributed by atoms with Gasteiger partial charge in [-0.15, -0.1) is 0 Å². The highest BCUT2D eigenvalue weighted by Crippen LogP contribution is 2.13. The summed E-state index contributed by atoms with van der Waals surface area (Å²) in [7, 11) is 0. The molecule has 2 atom stereocenters. The average molecular weight is 188 g/mol. The van der Waals surface area contributed by atoms with E-state index < -0.39 is 29.5 Å². The molecule has 1 aromatic heterocycles. The van der Waals surface area contributed by atoms with E-state index >= 15 is 0 Å². The molecule has 0 radical (unpaired) electrons. The van der Waals surface area contributed by atoms with E-state index in [1.165, 1.54) is 6.92 Å². The Morgan fingerprint density at radius 3 is 3.23 bits per heavy atom. The maximum Gasteiger partial charge on any atom is 0.342 e. The van der Waals surface area contributed by atoms with E-state index in [1.807, 2.05) is 0 Å². The molecule has 0 fully saturated rings. The Hall–Kier alpha value is -1.43. The van der Waals surface area contributed by atoms with Gasteiger partial charge in [-0.2, -0.15) is 0 Å². The Bertz CT molecular complexity index is 426. The van der Waals surface area contributed by atoms with E-state index in [9.17, 15) is 15.2 Å². The Balaban J connectivity index is 3.38. The third-order valence-corrected chi connectivity index (χ3v) is 1.38. The van der Waals surface area contributed by atoms with E-state index in [-0.39, 0.29) is 5.82 Å². The molecule has 72 valence electrons. The third-order valence-electron chi connectivity index (χ3n) is 1.38. The molecular weight excluding hydrogens is 174 g/mol. The standard InChI is InChI=1S/C7H11N3O3/c1-5(11)4-9-6(2)8-3-7(9)10(12)13/h3,5,11H,4H2,1-2H3/i3D,4D,5D. The summed E-state index contributed by atoms with van der Waals surface area (Å²) in [4.78, 5) is 13.4. The predicted molar refractivity (Wildman–Crippen MR) is 45.3 cm³/mol. The largest absolute Gasteiger partial charge is 0.389 e. The van der Waals surface area contributed by atoms with Crippen LogP contribution in [0.1, 0.15) is 16.9 Å². The molecule has 6 nitrogen and oxygen atoms in total. The van der Waals surface area contributed by atoms with Gasteiger partial charge < -0.3 is 15.2 Å². The van der Waals surface area contributed by atoms with Crippen molar-refractivity contribution in [2.75, 3.05) is 0 Å². The van der Waals surface area contributed by atoms with E-state index in [0.29, 0.717) is 0 Å². The quantitative estimate of drug-likeness (QED) is 0.552. The molecule has 1 rings (SSSR count). The summed E-state index contributed by atoms with van der Waals surface area (Å²) in [5.41, 5.74) is 0. The number of aromatic nitrogens is 2. The molecule has 0 aromatic carbocycles. The van der Waals surface area contributed by atoms with Gasteiger partial charge in [-0.05, 0) is 11.8 Å². The first-order chi connectivity index (χ1) is 7.16. The monoisotopic (exact) mass is 188 g/mol. The van der Waals surface area contributed by atoms with Gasteiger partial charge in [0, 0.05) is 6.92 Å². The molecule has 2 unspecified atom stereocenters. The van der Waals surface area contributed by atoms with Crippen molar-refractivity contribution >= 4 is 5.82 Å². The number of nitro groups is 1. The van der Waals surface area contributed by atoms with E-state index in [1.54, 1.807) is 0 Å². The first-order valence-corrected chi connectivity index (χ1v) is 3.50. The van der Waals surface area contributed by atoms with Gasteiger partial charge in [-0.1, -0.05) is 0 Å².